The fraction of sp³-hybridized carbons (Fsp3) is 0.871. The van der Waals surface area contributed by atoms with E-state index in [2.05, 4.69) is 6.92 Å². The molecule has 7 atom stereocenters. The van der Waals surface area contributed by atoms with E-state index in [4.69, 9.17) is 33.5 Å². The van der Waals surface area contributed by atoms with Gasteiger partial charge >= 0.3 is 23.9 Å². The Labute approximate surface area is 260 Å². The van der Waals surface area contributed by atoms with Crippen molar-refractivity contribution in [1.29, 1.82) is 0 Å². The molecule has 1 rings (SSSR count). The first-order valence-corrected chi connectivity index (χ1v) is 15.9. The van der Waals surface area contributed by atoms with Crippen molar-refractivity contribution >= 4 is 23.9 Å². The number of carbonyl (C=O) groups excluding carboxylic acids is 4. The van der Waals surface area contributed by atoms with E-state index >= 15 is 0 Å². The number of unbranched alkanes of at least 4 members (excludes halogenated alkanes) is 11. The lowest BCUT2D eigenvalue weighted by Gasteiger charge is -2.44. The van der Waals surface area contributed by atoms with E-state index in [1.165, 1.54) is 44.9 Å². The third-order valence-corrected chi connectivity index (χ3v) is 7.21. The van der Waals surface area contributed by atoms with Crippen LogP contribution in [0.4, 0.5) is 0 Å². The summed E-state index contributed by atoms with van der Waals surface area (Å²) in [6.07, 6.45) is 3.61. The Kier molecular flexibility index (Phi) is 20.8. The summed E-state index contributed by atoms with van der Waals surface area (Å²) in [6.45, 7) is 3.88. The molecule has 1 fully saturated rings. The zero-order valence-corrected chi connectivity index (χ0v) is 26.8. The first kappa shape index (κ1) is 39.7. The summed E-state index contributed by atoms with van der Waals surface area (Å²) in [5, 5.41) is 28.9. The quantitative estimate of drug-likeness (QED) is 0.0848. The molecule has 0 radical (unpaired) electrons. The number of hydrogen-bond donors (Lipinski definition) is 3. The summed E-state index contributed by atoms with van der Waals surface area (Å²) in [5.74, 6) is -2.82. The predicted octanol–water partition coefficient (Wildman–Crippen LogP) is 2.87. The number of aliphatic hydroxyl groups excluding tert-OH is 3. The Balaban J connectivity index is 2.87. The third-order valence-electron chi connectivity index (χ3n) is 7.21. The average Bonchev–Trinajstić information content (AvgIpc) is 2.96. The monoisotopic (exact) mass is 634 g/mol. The van der Waals surface area contributed by atoms with Crippen molar-refractivity contribution in [1.82, 2.24) is 0 Å². The Morgan fingerprint density at radius 1 is 0.682 bits per heavy atom. The van der Waals surface area contributed by atoms with Crippen LogP contribution < -0.4 is 0 Å². The molecule has 0 bridgehead atoms. The topological polar surface area (TPSA) is 184 Å². The average molecular weight is 635 g/mol. The molecule has 0 amide bonds. The molecule has 256 valence electrons. The van der Waals surface area contributed by atoms with Crippen LogP contribution in [0.2, 0.25) is 0 Å². The standard InChI is InChI=1S/C31H54O13/c1-5-6-7-8-9-10-11-12-13-14-15-16-17-27(38)44-29-28(41-22(3)34)26(20-39-21(2)33)43-31(30(29)42-23(4)35)40-19-25(37)24(36)18-32/h24-26,28-32,36-37H,5-20H2,1-4H3/t24-,25+,26-,28-,29+,30+,31-/m1/s1. The largest absolute Gasteiger partial charge is 0.463 e. The second-order valence-electron chi connectivity index (χ2n) is 11.2. The maximum absolute atomic E-state index is 13.0. The van der Waals surface area contributed by atoms with Gasteiger partial charge in [0.1, 0.15) is 24.9 Å². The number of ether oxygens (including phenoxy) is 6. The van der Waals surface area contributed by atoms with Gasteiger partial charge in [-0.25, -0.2) is 0 Å². The smallest absolute Gasteiger partial charge is 0.306 e. The molecule has 13 nitrogen and oxygen atoms in total. The first-order valence-electron chi connectivity index (χ1n) is 15.9. The highest BCUT2D eigenvalue weighted by Gasteiger charge is 2.53. The Morgan fingerprint density at radius 2 is 1.20 bits per heavy atom. The van der Waals surface area contributed by atoms with Crippen LogP contribution in [-0.4, -0.2) is 102 Å². The summed E-state index contributed by atoms with van der Waals surface area (Å²) in [6, 6.07) is 0. The molecule has 1 heterocycles. The highest BCUT2D eigenvalue weighted by molar-refractivity contribution is 5.70. The van der Waals surface area contributed by atoms with Crippen LogP contribution in [0, 0.1) is 0 Å². The fourth-order valence-electron chi connectivity index (χ4n) is 4.88. The molecular formula is C31H54O13. The van der Waals surface area contributed by atoms with Gasteiger partial charge in [0, 0.05) is 27.2 Å². The second-order valence-corrected chi connectivity index (χ2v) is 11.2. The van der Waals surface area contributed by atoms with E-state index in [-0.39, 0.29) is 6.42 Å². The van der Waals surface area contributed by atoms with E-state index in [9.17, 15) is 29.4 Å². The lowest BCUT2D eigenvalue weighted by atomic mass is 9.98. The summed E-state index contributed by atoms with van der Waals surface area (Å²) < 4.78 is 32.9. The molecule has 0 unspecified atom stereocenters. The maximum Gasteiger partial charge on any atom is 0.306 e. The molecule has 1 saturated heterocycles. The molecule has 0 spiro atoms. The lowest BCUT2D eigenvalue weighted by Crippen LogP contribution is -2.63. The van der Waals surface area contributed by atoms with Gasteiger partial charge in [0.15, 0.2) is 24.6 Å². The summed E-state index contributed by atoms with van der Waals surface area (Å²) >= 11 is 0. The Morgan fingerprint density at radius 3 is 1.70 bits per heavy atom. The van der Waals surface area contributed by atoms with Crippen molar-refractivity contribution < 1.29 is 62.9 Å². The number of rotatable bonds is 23. The van der Waals surface area contributed by atoms with Crippen LogP contribution >= 0.6 is 0 Å². The second kappa shape index (κ2) is 23.1. The summed E-state index contributed by atoms with van der Waals surface area (Å²) in [4.78, 5) is 48.5. The third kappa shape index (κ3) is 16.7. The summed E-state index contributed by atoms with van der Waals surface area (Å²) in [7, 11) is 0. The van der Waals surface area contributed by atoms with Crippen LogP contribution in [-0.2, 0) is 47.6 Å². The molecule has 13 heteroatoms. The molecule has 1 aliphatic heterocycles. The van der Waals surface area contributed by atoms with E-state index in [1.54, 1.807) is 0 Å². The first-order chi connectivity index (χ1) is 21.0. The van der Waals surface area contributed by atoms with Gasteiger partial charge in [0.05, 0.1) is 13.2 Å². The SMILES string of the molecule is CCCCCCCCCCCCCCC(=O)O[C@@H]1[C@H](OC(C)=O)[C@H](OC[C@H](O)[C@H](O)CO)O[C@H](COC(C)=O)[C@H]1OC(C)=O. The van der Waals surface area contributed by atoms with E-state index in [0.717, 1.165) is 46.5 Å². The van der Waals surface area contributed by atoms with Gasteiger partial charge in [0.2, 0.25) is 0 Å². The van der Waals surface area contributed by atoms with Gasteiger partial charge < -0.3 is 43.7 Å². The van der Waals surface area contributed by atoms with Gasteiger partial charge in [-0.05, 0) is 6.42 Å². The molecule has 0 aromatic rings. The highest BCUT2D eigenvalue weighted by Crippen LogP contribution is 2.30. The van der Waals surface area contributed by atoms with Crippen LogP contribution in [0.15, 0.2) is 0 Å². The minimum absolute atomic E-state index is 0.0654. The van der Waals surface area contributed by atoms with Crippen molar-refractivity contribution in [2.75, 3.05) is 19.8 Å². The minimum atomic E-state index is -1.54. The van der Waals surface area contributed by atoms with Gasteiger partial charge in [-0.3, -0.25) is 19.2 Å². The van der Waals surface area contributed by atoms with Gasteiger partial charge in [-0.2, -0.15) is 0 Å². The number of carbonyl (C=O) groups is 4. The van der Waals surface area contributed by atoms with E-state index < -0.39 is 86.6 Å². The fourth-order valence-corrected chi connectivity index (χ4v) is 4.88. The van der Waals surface area contributed by atoms with Crippen LogP contribution in [0.25, 0.3) is 0 Å². The highest BCUT2D eigenvalue weighted by atomic mass is 16.7. The van der Waals surface area contributed by atoms with Gasteiger partial charge in [-0.1, -0.05) is 77.6 Å². The molecule has 0 saturated carbocycles. The maximum atomic E-state index is 13.0. The van der Waals surface area contributed by atoms with Crippen molar-refractivity contribution in [3.8, 4) is 0 Å². The van der Waals surface area contributed by atoms with Crippen molar-refractivity contribution in [2.45, 2.75) is 154 Å². The van der Waals surface area contributed by atoms with Crippen LogP contribution in [0.5, 0.6) is 0 Å². The molecular weight excluding hydrogens is 580 g/mol. The van der Waals surface area contributed by atoms with Crippen molar-refractivity contribution in [2.24, 2.45) is 0 Å². The lowest BCUT2D eigenvalue weighted by molar-refractivity contribution is -0.312. The van der Waals surface area contributed by atoms with Crippen LogP contribution in [0.3, 0.4) is 0 Å². The zero-order chi connectivity index (χ0) is 32.9. The normalized spacial score (nSPS) is 22.9. The molecule has 0 aromatic carbocycles. The summed E-state index contributed by atoms with van der Waals surface area (Å²) in [5.41, 5.74) is 0. The van der Waals surface area contributed by atoms with E-state index in [1.807, 2.05) is 0 Å². The number of esters is 4. The Hall–Kier alpha value is -2.32. The number of aliphatic hydroxyl groups is 3. The molecule has 1 aliphatic rings. The van der Waals surface area contributed by atoms with Crippen LogP contribution in [0.1, 0.15) is 111 Å². The minimum Gasteiger partial charge on any atom is -0.463 e. The molecule has 44 heavy (non-hydrogen) atoms. The van der Waals surface area contributed by atoms with Crippen molar-refractivity contribution in [3.63, 3.8) is 0 Å². The van der Waals surface area contributed by atoms with Crippen molar-refractivity contribution in [3.05, 3.63) is 0 Å². The zero-order valence-electron chi connectivity index (χ0n) is 26.8. The predicted molar refractivity (Wildman–Crippen MR) is 157 cm³/mol. The van der Waals surface area contributed by atoms with E-state index in [0.29, 0.717) is 6.42 Å². The van der Waals surface area contributed by atoms with Gasteiger partial charge in [0.25, 0.3) is 0 Å². The Bertz CT molecular complexity index is 835. The number of hydrogen-bond acceptors (Lipinski definition) is 13. The molecule has 3 N–H and O–H groups in total. The molecule has 0 aromatic heterocycles. The van der Waals surface area contributed by atoms with Gasteiger partial charge in [-0.15, -0.1) is 0 Å². The molecule has 0 aliphatic carbocycles.